The predicted octanol–water partition coefficient (Wildman–Crippen LogP) is 2.68. The van der Waals surface area contributed by atoms with E-state index in [4.69, 9.17) is 4.74 Å². The number of rotatable bonds is 4. The van der Waals surface area contributed by atoms with E-state index in [1.165, 1.54) is 0 Å². The fourth-order valence-corrected chi connectivity index (χ4v) is 4.02. The Bertz CT molecular complexity index is 1180. The molecule has 0 unspecified atom stereocenters. The highest BCUT2D eigenvalue weighted by molar-refractivity contribution is 5.81. The van der Waals surface area contributed by atoms with Gasteiger partial charge in [-0.25, -0.2) is 4.98 Å². The normalized spacial score (nSPS) is 14.2. The Balaban J connectivity index is 1.50. The van der Waals surface area contributed by atoms with Crippen molar-refractivity contribution in [3.8, 4) is 5.75 Å². The van der Waals surface area contributed by atoms with E-state index in [0.717, 1.165) is 41.2 Å². The van der Waals surface area contributed by atoms with Crippen LogP contribution in [0.25, 0.3) is 11.0 Å². The molecule has 0 N–H and O–H groups in total. The Labute approximate surface area is 181 Å². The number of carbonyl (C=O) groups excluding carboxylic acids is 1. The fourth-order valence-electron chi connectivity index (χ4n) is 4.02. The molecule has 0 atom stereocenters. The number of fused-ring (bicyclic) bond motifs is 1. The topological polar surface area (TPSA) is 67.7 Å². The number of piperazine rings is 1. The van der Waals surface area contributed by atoms with Crippen LogP contribution in [0.3, 0.4) is 0 Å². The lowest BCUT2D eigenvalue weighted by Gasteiger charge is -2.36. The highest BCUT2D eigenvalue weighted by Crippen LogP contribution is 2.21. The van der Waals surface area contributed by atoms with E-state index in [1.807, 2.05) is 55.1 Å². The molecule has 2 aromatic carbocycles. The Hall–Kier alpha value is -3.35. The molecule has 0 aliphatic carbocycles. The quantitative estimate of drug-likeness (QED) is 0.649. The highest BCUT2D eigenvalue weighted by atomic mass is 16.5. The molecule has 31 heavy (non-hydrogen) atoms. The van der Waals surface area contributed by atoms with Crippen LogP contribution in [0, 0.1) is 20.8 Å². The van der Waals surface area contributed by atoms with Gasteiger partial charge in [0.2, 0.25) is 5.91 Å². The summed E-state index contributed by atoms with van der Waals surface area (Å²) in [5.74, 6) is 0.787. The fraction of sp³-hybridized carbons (Fsp3) is 0.375. The van der Waals surface area contributed by atoms with Gasteiger partial charge in [0.15, 0.2) is 0 Å². The van der Waals surface area contributed by atoms with E-state index in [-0.39, 0.29) is 18.0 Å². The number of ether oxygens (including phenoxy) is 1. The molecule has 162 valence electrons. The van der Waals surface area contributed by atoms with Crippen molar-refractivity contribution in [1.82, 2.24) is 14.5 Å². The maximum absolute atomic E-state index is 13.1. The van der Waals surface area contributed by atoms with Crippen molar-refractivity contribution in [2.24, 2.45) is 0 Å². The van der Waals surface area contributed by atoms with Crippen molar-refractivity contribution in [2.75, 3.05) is 38.2 Å². The van der Waals surface area contributed by atoms with Gasteiger partial charge in [-0.3, -0.25) is 14.2 Å². The number of anilines is 1. The third-order valence-electron chi connectivity index (χ3n) is 6.09. The Morgan fingerprint density at radius 2 is 1.65 bits per heavy atom. The van der Waals surface area contributed by atoms with E-state index in [9.17, 15) is 9.59 Å². The number of hydrogen-bond donors (Lipinski definition) is 0. The number of aryl methyl sites for hydroxylation is 3. The minimum absolute atomic E-state index is 0.0315. The summed E-state index contributed by atoms with van der Waals surface area (Å²) in [6.07, 6.45) is 0. The average Bonchev–Trinajstić information content (AvgIpc) is 2.78. The number of benzene rings is 2. The van der Waals surface area contributed by atoms with Crippen molar-refractivity contribution >= 4 is 22.6 Å². The molecule has 1 aliphatic heterocycles. The van der Waals surface area contributed by atoms with Crippen molar-refractivity contribution < 1.29 is 9.53 Å². The maximum Gasteiger partial charge on any atom is 0.272 e. The number of methoxy groups -OCH3 is 1. The van der Waals surface area contributed by atoms with Crippen LogP contribution in [0.5, 0.6) is 5.75 Å². The molecule has 0 bridgehead atoms. The molecular weight excluding hydrogens is 392 g/mol. The first-order valence-electron chi connectivity index (χ1n) is 10.5. The summed E-state index contributed by atoms with van der Waals surface area (Å²) in [5.41, 5.74) is 4.97. The number of nitrogens with zero attached hydrogens (tertiary/aromatic N) is 4. The van der Waals surface area contributed by atoms with Crippen LogP contribution >= 0.6 is 0 Å². The molecule has 3 aromatic rings. The van der Waals surface area contributed by atoms with Crippen molar-refractivity contribution in [1.29, 1.82) is 0 Å². The number of aromatic nitrogens is 2. The van der Waals surface area contributed by atoms with Crippen LogP contribution in [0.2, 0.25) is 0 Å². The third kappa shape index (κ3) is 4.13. The molecule has 1 fully saturated rings. The zero-order valence-electron chi connectivity index (χ0n) is 18.5. The smallest absolute Gasteiger partial charge is 0.272 e. The second kappa shape index (κ2) is 8.41. The molecule has 7 nitrogen and oxygen atoms in total. The number of carbonyl (C=O) groups is 1. The van der Waals surface area contributed by atoms with Crippen LogP contribution in [-0.2, 0) is 11.3 Å². The average molecular weight is 421 g/mol. The highest BCUT2D eigenvalue weighted by Gasteiger charge is 2.23. The zero-order valence-corrected chi connectivity index (χ0v) is 18.5. The van der Waals surface area contributed by atoms with Gasteiger partial charge >= 0.3 is 0 Å². The van der Waals surface area contributed by atoms with E-state index >= 15 is 0 Å². The van der Waals surface area contributed by atoms with Gasteiger partial charge in [0.1, 0.15) is 18.0 Å². The predicted molar refractivity (Wildman–Crippen MR) is 122 cm³/mol. The minimum Gasteiger partial charge on any atom is -0.497 e. The Morgan fingerprint density at radius 3 is 2.29 bits per heavy atom. The van der Waals surface area contributed by atoms with Crippen LogP contribution in [0.15, 0.2) is 41.2 Å². The van der Waals surface area contributed by atoms with Gasteiger partial charge in [-0.15, -0.1) is 0 Å². The van der Waals surface area contributed by atoms with Crippen LogP contribution in [-0.4, -0.2) is 53.6 Å². The van der Waals surface area contributed by atoms with Crippen LogP contribution < -0.4 is 15.2 Å². The molecule has 4 rings (SSSR count). The van der Waals surface area contributed by atoms with E-state index < -0.39 is 0 Å². The standard InChI is InChI=1S/C24H28N4O3/c1-16-13-21-22(14-17(16)2)28(24(30)18(3)25-21)15-23(29)27-11-9-26(10-12-27)19-5-7-20(31-4)8-6-19/h5-8,13-14H,9-12,15H2,1-4H3. The summed E-state index contributed by atoms with van der Waals surface area (Å²) in [6.45, 7) is 8.51. The van der Waals surface area contributed by atoms with Gasteiger partial charge in [-0.05, 0) is 68.3 Å². The van der Waals surface area contributed by atoms with Gasteiger partial charge < -0.3 is 14.5 Å². The monoisotopic (exact) mass is 420 g/mol. The largest absolute Gasteiger partial charge is 0.497 e. The number of hydrogen-bond acceptors (Lipinski definition) is 5. The van der Waals surface area contributed by atoms with Crippen molar-refractivity contribution in [2.45, 2.75) is 27.3 Å². The van der Waals surface area contributed by atoms with E-state index in [0.29, 0.717) is 24.3 Å². The summed E-state index contributed by atoms with van der Waals surface area (Å²) in [4.78, 5) is 34.4. The summed E-state index contributed by atoms with van der Waals surface area (Å²) >= 11 is 0. The minimum atomic E-state index is -0.207. The lowest BCUT2D eigenvalue weighted by molar-refractivity contribution is -0.132. The Morgan fingerprint density at radius 1 is 1.00 bits per heavy atom. The van der Waals surface area contributed by atoms with Crippen molar-refractivity contribution in [3.63, 3.8) is 0 Å². The van der Waals surface area contributed by atoms with Gasteiger partial charge in [0.05, 0.1) is 18.1 Å². The lowest BCUT2D eigenvalue weighted by Crippen LogP contribution is -2.50. The molecule has 7 heteroatoms. The van der Waals surface area contributed by atoms with E-state index in [1.54, 1.807) is 18.6 Å². The molecule has 0 spiro atoms. The van der Waals surface area contributed by atoms with Gasteiger partial charge in [-0.2, -0.15) is 0 Å². The SMILES string of the molecule is COc1ccc(N2CCN(C(=O)Cn3c(=O)c(C)nc4cc(C)c(C)cc43)CC2)cc1. The molecule has 1 aliphatic rings. The second-order valence-electron chi connectivity index (χ2n) is 8.08. The van der Waals surface area contributed by atoms with E-state index in [2.05, 4.69) is 9.88 Å². The summed E-state index contributed by atoms with van der Waals surface area (Å²) in [7, 11) is 1.65. The van der Waals surface area contributed by atoms with Crippen LogP contribution in [0.4, 0.5) is 5.69 Å². The number of amides is 1. The zero-order chi connectivity index (χ0) is 22.1. The molecule has 1 saturated heterocycles. The van der Waals surface area contributed by atoms with Crippen molar-refractivity contribution in [3.05, 3.63) is 63.6 Å². The summed E-state index contributed by atoms with van der Waals surface area (Å²) < 4.78 is 6.79. The molecule has 1 amide bonds. The molecule has 1 aromatic heterocycles. The summed E-state index contributed by atoms with van der Waals surface area (Å²) in [6, 6.07) is 11.9. The first-order chi connectivity index (χ1) is 14.9. The van der Waals surface area contributed by atoms with Gasteiger partial charge in [0, 0.05) is 31.9 Å². The Kier molecular flexibility index (Phi) is 5.67. The maximum atomic E-state index is 13.1. The lowest BCUT2D eigenvalue weighted by atomic mass is 10.1. The molecule has 0 radical (unpaired) electrons. The third-order valence-corrected chi connectivity index (χ3v) is 6.09. The molecular formula is C24H28N4O3. The van der Waals surface area contributed by atoms with Gasteiger partial charge in [-0.1, -0.05) is 0 Å². The van der Waals surface area contributed by atoms with Crippen LogP contribution in [0.1, 0.15) is 16.8 Å². The molecule has 0 saturated carbocycles. The first kappa shape index (κ1) is 20.9. The first-order valence-corrected chi connectivity index (χ1v) is 10.5. The summed E-state index contributed by atoms with van der Waals surface area (Å²) in [5, 5.41) is 0. The molecule has 2 heterocycles. The second-order valence-corrected chi connectivity index (χ2v) is 8.08. The van der Waals surface area contributed by atoms with Gasteiger partial charge in [0.25, 0.3) is 5.56 Å².